The van der Waals surface area contributed by atoms with Gasteiger partial charge in [0.05, 0.1) is 6.54 Å². The molecule has 1 aromatic heterocycles. The van der Waals surface area contributed by atoms with Crippen molar-refractivity contribution in [2.75, 3.05) is 33.3 Å². The van der Waals surface area contributed by atoms with Gasteiger partial charge in [0.25, 0.3) is 0 Å². The van der Waals surface area contributed by atoms with Gasteiger partial charge in [-0.2, -0.15) is 0 Å². The third-order valence-electron chi connectivity index (χ3n) is 5.25. The maximum atomic E-state index is 12.3. The number of likely N-dealkylation sites (N-methyl/N-ethyl adjacent to an activating group) is 1. The zero-order chi connectivity index (χ0) is 19.7. The summed E-state index contributed by atoms with van der Waals surface area (Å²) in [5.41, 5.74) is 2.99. The van der Waals surface area contributed by atoms with Gasteiger partial charge in [-0.3, -0.25) is 9.69 Å². The first-order valence-corrected chi connectivity index (χ1v) is 10.4. The summed E-state index contributed by atoms with van der Waals surface area (Å²) < 4.78 is 7.04. The van der Waals surface area contributed by atoms with E-state index in [2.05, 4.69) is 28.5 Å². The van der Waals surface area contributed by atoms with Gasteiger partial charge in [-0.1, -0.05) is 18.2 Å². The van der Waals surface area contributed by atoms with Crippen LogP contribution in [0.4, 0.5) is 0 Å². The minimum Gasteiger partial charge on any atom is -0.504 e. The van der Waals surface area contributed by atoms with E-state index in [-0.39, 0.29) is 11.7 Å². The van der Waals surface area contributed by atoms with Gasteiger partial charge in [0, 0.05) is 47.9 Å². The van der Waals surface area contributed by atoms with Crippen molar-refractivity contribution in [2.45, 2.75) is 13.5 Å². The van der Waals surface area contributed by atoms with E-state index in [0.29, 0.717) is 38.5 Å². The third-order valence-corrected chi connectivity index (χ3v) is 6.21. The van der Waals surface area contributed by atoms with Crippen molar-refractivity contribution in [1.82, 2.24) is 9.80 Å². The molecule has 0 saturated carbocycles. The van der Waals surface area contributed by atoms with Crippen LogP contribution in [0.25, 0.3) is 21.2 Å². The molecule has 2 heterocycles. The fraction of sp³-hybridized carbons (Fsp3) is 0.318. The number of rotatable bonds is 4. The van der Waals surface area contributed by atoms with Gasteiger partial charge < -0.3 is 14.7 Å². The van der Waals surface area contributed by atoms with Crippen molar-refractivity contribution in [3.63, 3.8) is 0 Å². The lowest BCUT2D eigenvalue weighted by Crippen LogP contribution is -2.38. The molecule has 28 heavy (non-hydrogen) atoms. The number of benzene rings is 2. The Morgan fingerprint density at radius 2 is 2.14 bits per heavy atom. The molecule has 0 spiro atoms. The monoisotopic (exact) mass is 396 g/mol. The summed E-state index contributed by atoms with van der Waals surface area (Å²) in [5.74, 6) is 0.777. The molecule has 0 aliphatic carbocycles. The van der Waals surface area contributed by atoms with E-state index in [4.69, 9.17) is 4.74 Å². The number of amides is 1. The van der Waals surface area contributed by atoms with E-state index in [9.17, 15) is 9.90 Å². The molecule has 0 radical (unpaired) electrons. The zero-order valence-electron chi connectivity index (χ0n) is 16.1. The van der Waals surface area contributed by atoms with Crippen LogP contribution in [0.5, 0.6) is 11.5 Å². The lowest BCUT2D eigenvalue weighted by Gasteiger charge is -2.22. The van der Waals surface area contributed by atoms with Crippen molar-refractivity contribution >= 4 is 27.3 Å². The van der Waals surface area contributed by atoms with Crippen LogP contribution < -0.4 is 4.74 Å². The van der Waals surface area contributed by atoms with Gasteiger partial charge >= 0.3 is 0 Å². The minimum atomic E-state index is 0.0927. The number of hydrogen-bond acceptors (Lipinski definition) is 5. The molecule has 1 aliphatic heterocycles. The molecular formula is C22H24N2O3S. The molecule has 0 atom stereocenters. The van der Waals surface area contributed by atoms with Crippen LogP contribution in [-0.2, 0) is 11.3 Å². The van der Waals surface area contributed by atoms with Gasteiger partial charge in [-0.25, -0.2) is 0 Å². The Morgan fingerprint density at radius 3 is 2.96 bits per heavy atom. The fourth-order valence-corrected chi connectivity index (χ4v) is 4.50. The van der Waals surface area contributed by atoms with Crippen LogP contribution in [0.2, 0.25) is 0 Å². The number of phenols is 1. The Hall–Kier alpha value is -2.57. The Balaban J connectivity index is 1.67. The summed E-state index contributed by atoms with van der Waals surface area (Å²) in [5, 5.41) is 13.9. The molecule has 0 fully saturated rings. The van der Waals surface area contributed by atoms with Crippen molar-refractivity contribution in [2.24, 2.45) is 0 Å². The summed E-state index contributed by atoms with van der Waals surface area (Å²) >= 11 is 1.70. The van der Waals surface area contributed by atoms with Crippen LogP contribution in [0.15, 0.2) is 41.8 Å². The van der Waals surface area contributed by atoms with E-state index in [1.807, 2.05) is 26.1 Å². The first-order chi connectivity index (χ1) is 13.6. The quantitative estimate of drug-likeness (QED) is 0.726. The van der Waals surface area contributed by atoms with Crippen molar-refractivity contribution in [3.8, 4) is 22.6 Å². The van der Waals surface area contributed by atoms with E-state index in [1.165, 1.54) is 10.1 Å². The molecule has 3 aromatic rings. The lowest BCUT2D eigenvalue weighted by atomic mass is 10.0. The molecule has 146 valence electrons. The van der Waals surface area contributed by atoms with Gasteiger partial charge in [0.2, 0.25) is 5.91 Å². The van der Waals surface area contributed by atoms with Crippen LogP contribution >= 0.6 is 11.3 Å². The molecule has 0 unspecified atom stereocenters. The SMILES string of the molecule is CCN(C)C(=O)CN1CCOc2c(O)cc(-c3csc4ccccc34)cc2C1. The maximum absolute atomic E-state index is 12.3. The highest BCUT2D eigenvalue weighted by Gasteiger charge is 2.22. The topological polar surface area (TPSA) is 53.0 Å². The van der Waals surface area contributed by atoms with Crippen LogP contribution in [0.3, 0.4) is 0 Å². The van der Waals surface area contributed by atoms with Gasteiger partial charge in [0.1, 0.15) is 6.61 Å². The molecule has 0 bridgehead atoms. The number of carbonyl (C=O) groups is 1. The van der Waals surface area contributed by atoms with Crippen molar-refractivity contribution in [1.29, 1.82) is 0 Å². The summed E-state index contributed by atoms with van der Waals surface area (Å²) in [6.45, 7) is 4.67. The number of aromatic hydroxyl groups is 1. The highest BCUT2D eigenvalue weighted by Crippen LogP contribution is 2.41. The number of nitrogens with zero attached hydrogens (tertiary/aromatic N) is 2. The maximum Gasteiger partial charge on any atom is 0.236 e. The standard InChI is InChI=1S/C22H24N2O3S/c1-3-23(2)21(26)13-24-8-9-27-22-16(12-24)10-15(11-19(22)25)18-14-28-20-7-5-4-6-17(18)20/h4-7,10-11,14,25H,3,8-9,12-13H2,1-2H3. The Bertz CT molecular complexity index is 1010. The highest BCUT2D eigenvalue weighted by molar-refractivity contribution is 7.17. The number of ether oxygens (including phenoxy) is 1. The number of phenolic OH excluding ortho intramolecular Hbond substituents is 1. The molecule has 5 nitrogen and oxygen atoms in total. The molecule has 1 aliphatic rings. The molecule has 6 heteroatoms. The second-order valence-electron chi connectivity index (χ2n) is 7.10. The smallest absolute Gasteiger partial charge is 0.236 e. The molecule has 4 rings (SSSR count). The van der Waals surface area contributed by atoms with Crippen molar-refractivity contribution in [3.05, 3.63) is 47.3 Å². The number of thiophene rings is 1. The normalized spacial score (nSPS) is 14.4. The Morgan fingerprint density at radius 1 is 1.32 bits per heavy atom. The first kappa shape index (κ1) is 18.8. The van der Waals surface area contributed by atoms with E-state index in [0.717, 1.165) is 16.7 Å². The summed E-state index contributed by atoms with van der Waals surface area (Å²) in [7, 11) is 1.82. The molecule has 0 saturated heterocycles. The third kappa shape index (κ3) is 3.57. The molecular weight excluding hydrogens is 372 g/mol. The molecule has 1 amide bonds. The largest absolute Gasteiger partial charge is 0.504 e. The van der Waals surface area contributed by atoms with Gasteiger partial charge in [-0.15, -0.1) is 11.3 Å². The predicted octanol–water partition coefficient (Wildman–Crippen LogP) is 3.95. The second-order valence-corrected chi connectivity index (χ2v) is 8.01. The fourth-order valence-electron chi connectivity index (χ4n) is 3.53. The number of fused-ring (bicyclic) bond motifs is 2. The van der Waals surface area contributed by atoms with Gasteiger partial charge in [-0.05, 0) is 36.1 Å². The molecule has 2 aromatic carbocycles. The predicted molar refractivity (Wildman–Crippen MR) is 113 cm³/mol. The Labute approximate surface area is 168 Å². The number of carbonyl (C=O) groups excluding carboxylic acids is 1. The first-order valence-electron chi connectivity index (χ1n) is 9.48. The van der Waals surface area contributed by atoms with E-state index >= 15 is 0 Å². The second kappa shape index (κ2) is 7.81. The summed E-state index contributed by atoms with van der Waals surface area (Å²) in [4.78, 5) is 16.1. The van der Waals surface area contributed by atoms with Crippen LogP contribution in [-0.4, -0.2) is 54.1 Å². The van der Waals surface area contributed by atoms with E-state index < -0.39 is 0 Å². The van der Waals surface area contributed by atoms with E-state index in [1.54, 1.807) is 22.3 Å². The van der Waals surface area contributed by atoms with Crippen molar-refractivity contribution < 1.29 is 14.6 Å². The average molecular weight is 397 g/mol. The van der Waals surface area contributed by atoms with Crippen LogP contribution in [0.1, 0.15) is 12.5 Å². The van der Waals surface area contributed by atoms with Gasteiger partial charge in [0.15, 0.2) is 11.5 Å². The average Bonchev–Trinajstić information content (AvgIpc) is 3.02. The van der Waals surface area contributed by atoms with Crippen LogP contribution in [0, 0.1) is 0 Å². The zero-order valence-corrected chi connectivity index (χ0v) is 17.0. The summed E-state index contributed by atoms with van der Waals surface area (Å²) in [6, 6.07) is 12.1. The molecule has 1 N–H and O–H groups in total. The number of hydrogen-bond donors (Lipinski definition) is 1. The highest BCUT2D eigenvalue weighted by atomic mass is 32.1. The Kier molecular flexibility index (Phi) is 5.24. The summed E-state index contributed by atoms with van der Waals surface area (Å²) in [6.07, 6.45) is 0. The minimum absolute atomic E-state index is 0.0927. The lowest BCUT2D eigenvalue weighted by molar-refractivity contribution is -0.131.